The number of ether oxygens (including phenoxy) is 1. The highest BCUT2D eigenvalue weighted by atomic mass is 16.5. The molecule has 5 nitrogen and oxygen atoms in total. The summed E-state index contributed by atoms with van der Waals surface area (Å²) in [6.45, 7) is 3.92. The molecular formula is C13H20N2O3. The van der Waals surface area contributed by atoms with Gasteiger partial charge in [0.15, 0.2) is 11.6 Å². The van der Waals surface area contributed by atoms with E-state index in [1.165, 1.54) is 0 Å². The van der Waals surface area contributed by atoms with Gasteiger partial charge in [-0.1, -0.05) is 13.3 Å². The predicted octanol–water partition coefficient (Wildman–Crippen LogP) is 0.679. The van der Waals surface area contributed by atoms with Crippen molar-refractivity contribution >= 4 is 5.97 Å². The lowest BCUT2D eigenvalue weighted by atomic mass is 9.71. The monoisotopic (exact) mass is 252 g/mol. The summed E-state index contributed by atoms with van der Waals surface area (Å²) in [6.07, 6.45) is 3.32. The zero-order chi connectivity index (χ0) is 13.2. The van der Waals surface area contributed by atoms with Gasteiger partial charge in [-0.15, -0.1) is 0 Å². The van der Waals surface area contributed by atoms with E-state index in [-0.39, 0.29) is 5.92 Å². The lowest BCUT2D eigenvalue weighted by Gasteiger charge is -2.51. The molecule has 0 saturated carbocycles. The van der Waals surface area contributed by atoms with Crippen LogP contribution >= 0.6 is 0 Å². The van der Waals surface area contributed by atoms with Gasteiger partial charge in [0.25, 0.3) is 0 Å². The van der Waals surface area contributed by atoms with Gasteiger partial charge in [-0.25, -0.2) is 0 Å². The minimum Gasteiger partial charge on any atom is -0.464 e. The Balaban J connectivity index is 2.09. The van der Waals surface area contributed by atoms with E-state index < -0.39 is 17.6 Å². The van der Waals surface area contributed by atoms with E-state index >= 15 is 0 Å². The van der Waals surface area contributed by atoms with E-state index in [9.17, 15) is 15.2 Å². The number of hydrogen-bond donors (Lipinski definition) is 1. The van der Waals surface area contributed by atoms with E-state index in [1.807, 2.05) is 17.9 Å². The first-order valence-corrected chi connectivity index (χ1v) is 6.67. The molecule has 0 amide bonds. The normalized spacial score (nSPS) is 38.2. The Kier molecular flexibility index (Phi) is 3.88. The van der Waals surface area contributed by atoms with Crippen LogP contribution in [-0.2, 0) is 9.53 Å². The smallest absolute Gasteiger partial charge is 0.327 e. The Morgan fingerprint density at radius 3 is 2.78 bits per heavy atom. The van der Waals surface area contributed by atoms with Crippen LogP contribution in [-0.4, -0.2) is 47.3 Å². The summed E-state index contributed by atoms with van der Waals surface area (Å²) >= 11 is 0. The molecule has 5 heteroatoms. The van der Waals surface area contributed by atoms with E-state index in [0.29, 0.717) is 6.61 Å². The van der Waals surface area contributed by atoms with Crippen molar-refractivity contribution in [1.82, 2.24) is 4.90 Å². The quantitative estimate of drug-likeness (QED) is 0.452. The van der Waals surface area contributed by atoms with Crippen molar-refractivity contribution in [3.05, 3.63) is 0 Å². The van der Waals surface area contributed by atoms with Crippen LogP contribution in [0.15, 0.2) is 0 Å². The molecule has 2 bridgehead atoms. The fraction of sp³-hybridized carbons (Fsp3) is 0.846. The number of nitriles is 1. The SMILES string of the molecule is CCCCOC(=O)C1N2CCC(CC2)C1(O)C#N. The van der Waals surface area contributed by atoms with Crippen LogP contribution in [0.4, 0.5) is 0 Å². The van der Waals surface area contributed by atoms with Crippen molar-refractivity contribution < 1.29 is 14.6 Å². The summed E-state index contributed by atoms with van der Waals surface area (Å²) in [6, 6.07) is 1.15. The second-order valence-electron chi connectivity index (χ2n) is 5.17. The van der Waals surface area contributed by atoms with Crippen molar-refractivity contribution in [3.63, 3.8) is 0 Å². The molecule has 3 fully saturated rings. The number of carbonyl (C=O) groups excluding carboxylic acids is 1. The number of fused-ring (bicyclic) bond motifs is 3. The molecule has 0 aromatic rings. The van der Waals surface area contributed by atoms with E-state index in [1.54, 1.807) is 0 Å². The number of nitrogens with zero attached hydrogens (tertiary/aromatic N) is 2. The maximum absolute atomic E-state index is 12.1. The molecule has 0 aromatic carbocycles. The largest absolute Gasteiger partial charge is 0.464 e. The number of rotatable bonds is 4. The Hall–Kier alpha value is -1.12. The summed E-state index contributed by atoms with van der Waals surface area (Å²) in [4.78, 5) is 13.9. The van der Waals surface area contributed by atoms with Crippen molar-refractivity contribution in [2.24, 2.45) is 5.92 Å². The number of unbranched alkanes of at least 4 members (excludes halogenated alkanes) is 1. The summed E-state index contributed by atoms with van der Waals surface area (Å²) in [5.41, 5.74) is -1.57. The van der Waals surface area contributed by atoms with Crippen molar-refractivity contribution in [2.45, 2.75) is 44.2 Å². The van der Waals surface area contributed by atoms with E-state index in [2.05, 4.69) is 0 Å². The van der Waals surface area contributed by atoms with Crippen LogP contribution in [0.25, 0.3) is 0 Å². The van der Waals surface area contributed by atoms with Gasteiger partial charge in [0.05, 0.1) is 6.61 Å². The molecule has 3 aliphatic rings. The minimum atomic E-state index is -1.57. The molecule has 3 rings (SSSR count). The first-order valence-electron chi connectivity index (χ1n) is 6.67. The van der Waals surface area contributed by atoms with Crippen LogP contribution in [0.2, 0.25) is 0 Å². The van der Waals surface area contributed by atoms with Crippen LogP contribution in [0.3, 0.4) is 0 Å². The second kappa shape index (κ2) is 5.25. The van der Waals surface area contributed by atoms with Crippen LogP contribution in [0.1, 0.15) is 32.6 Å². The lowest BCUT2D eigenvalue weighted by Crippen LogP contribution is -2.68. The van der Waals surface area contributed by atoms with Crippen molar-refractivity contribution in [2.75, 3.05) is 19.7 Å². The molecular weight excluding hydrogens is 232 g/mol. The zero-order valence-electron chi connectivity index (χ0n) is 10.8. The molecule has 1 N–H and O–H groups in total. The maximum atomic E-state index is 12.1. The van der Waals surface area contributed by atoms with Gasteiger partial charge in [0.2, 0.25) is 0 Å². The van der Waals surface area contributed by atoms with Gasteiger partial charge in [-0.3, -0.25) is 9.69 Å². The standard InChI is InChI=1S/C13H20N2O3/c1-2-3-8-18-12(16)11-13(17,9-14)10-4-6-15(11)7-5-10/h10-11,17H,2-8H2,1H3. The summed E-state index contributed by atoms with van der Waals surface area (Å²) in [5, 5.41) is 19.7. The lowest BCUT2D eigenvalue weighted by molar-refractivity contribution is -0.176. The molecule has 0 aliphatic carbocycles. The molecule has 2 atom stereocenters. The summed E-state index contributed by atoms with van der Waals surface area (Å²) in [7, 11) is 0. The van der Waals surface area contributed by atoms with Gasteiger partial charge < -0.3 is 9.84 Å². The average Bonchev–Trinajstić information content (AvgIpc) is 2.40. The third kappa shape index (κ3) is 2.11. The average molecular weight is 252 g/mol. The molecule has 0 aromatic heterocycles. The maximum Gasteiger partial charge on any atom is 0.327 e. The third-order valence-corrected chi connectivity index (χ3v) is 4.08. The van der Waals surface area contributed by atoms with Gasteiger partial charge in [-0.2, -0.15) is 5.26 Å². The predicted molar refractivity (Wildman–Crippen MR) is 64.5 cm³/mol. The highest BCUT2D eigenvalue weighted by molar-refractivity contribution is 5.78. The first kappa shape index (κ1) is 13.3. The number of carbonyl (C=O) groups is 1. The van der Waals surface area contributed by atoms with Gasteiger partial charge in [0, 0.05) is 5.92 Å². The van der Waals surface area contributed by atoms with Crippen LogP contribution < -0.4 is 0 Å². The number of piperidine rings is 3. The number of hydrogen-bond acceptors (Lipinski definition) is 5. The Morgan fingerprint density at radius 2 is 2.22 bits per heavy atom. The van der Waals surface area contributed by atoms with E-state index in [4.69, 9.17) is 4.74 Å². The Morgan fingerprint density at radius 1 is 1.56 bits per heavy atom. The molecule has 100 valence electrons. The molecule has 0 radical (unpaired) electrons. The minimum absolute atomic E-state index is 0.101. The fourth-order valence-electron chi connectivity index (χ4n) is 2.98. The molecule has 0 spiro atoms. The van der Waals surface area contributed by atoms with E-state index in [0.717, 1.165) is 38.8 Å². The molecule has 3 heterocycles. The summed E-state index contributed by atoms with van der Waals surface area (Å²) in [5.74, 6) is -0.548. The van der Waals surface area contributed by atoms with Crippen molar-refractivity contribution in [3.8, 4) is 6.07 Å². The molecule has 2 unspecified atom stereocenters. The van der Waals surface area contributed by atoms with Crippen LogP contribution in [0.5, 0.6) is 0 Å². The first-order chi connectivity index (χ1) is 8.63. The van der Waals surface area contributed by atoms with Crippen molar-refractivity contribution in [1.29, 1.82) is 5.26 Å². The zero-order valence-corrected chi connectivity index (χ0v) is 10.8. The Bertz CT molecular complexity index is 358. The number of esters is 1. The fourth-order valence-corrected chi connectivity index (χ4v) is 2.98. The third-order valence-electron chi connectivity index (χ3n) is 4.08. The van der Waals surface area contributed by atoms with Crippen LogP contribution in [0, 0.1) is 17.2 Å². The Labute approximate surface area is 107 Å². The molecule has 3 saturated heterocycles. The van der Waals surface area contributed by atoms with Gasteiger partial charge in [0.1, 0.15) is 6.07 Å². The topological polar surface area (TPSA) is 73.6 Å². The van der Waals surface area contributed by atoms with Gasteiger partial charge in [-0.05, 0) is 32.4 Å². The van der Waals surface area contributed by atoms with Gasteiger partial charge >= 0.3 is 5.97 Å². The number of aliphatic hydroxyl groups is 1. The highest BCUT2D eigenvalue weighted by Gasteiger charge is 2.57. The highest BCUT2D eigenvalue weighted by Crippen LogP contribution is 2.40. The molecule has 3 aliphatic heterocycles. The second-order valence-corrected chi connectivity index (χ2v) is 5.17. The molecule has 18 heavy (non-hydrogen) atoms. The summed E-state index contributed by atoms with van der Waals surface area (Å²) < 4.78 is 5.18.